The van der Waals surface area contributed by atoms with Crippen molar-refractivity contribution >= 4 is 11.7 Å². The van der Waals surface area contributed by atoms with Gasteiger partial charge in [-0.25, -0.2) is 4.79 Å². The number of anilines is 1. The number of ether oxygens (including phenoxy) is 1. The molecule has 1 aromatic rings. The monoisotopic (exact) mass is 221 g/mol. The first kappa shape index (κ1) is 11.0. The van der Waals surface area contributed by atoms with Crippen LogP contribution in [0.15, 0.2) is 24.3 Å². The fourth-order valence-electron chi connectivity index (χ4n) is 1.82. The molecule has 0 atom stereocenters. The molecule has 0 bridgehead atoms. The maximum atomic E-state index is 10.7. The molecular formula is C12H15NO3. The minimum absolute atomic E-state index is 0.329. The van der Waals surface area contributed by atoms with Crippen LogP contribution >= 0.6 is 0 Å². The predicted molar refractivity (Wildman–Crippen MR) is 61.1 cm³/mol. The van der Waals surface area contributed by atoms with Gasteiger partial charge in [-0.15, -0.1) is 0 Å². The van der Waals surface area contributed by atoms with Crippen LogP contribution in [0, 0.1) is 0 Å². The Morgan fingerprint density at radius 2 is 1.94 bits per heavy atom. The summed E-state index contributed by atoms with van der Waals surface area (Å²) in [7, 11) is 0. The molecule has 16 heavy (non-hydrogen) atoms. The smallest absolute Gasteiger partial charge is 0.335 e. The minimum Gasteiger partial charge on any atom is -0.478 e. The van der Waals surface area contributed by atoms with Gasteiger partial charge < -0.3 is 14.7 Å². The largest absolute Gasteiger partial charge is 0.478 e. The summed E-state index contributed by atoms with van der Waals surface area (Å²) in [5.41, 5.74) is 1.39. The topological polar surface area (TPSA) is 49.8 Å². The van der Waals surface area contributed by atoms with Gasteiger partial charge in [-0.2, -0.15) is 0 Å². The zero-order valence-electron chi connectivity index (χ0n) is 9.06. The van der Waals surface area contributed by atoms with Crippen molar-refractivity contribution in [2.24, 2.45) is 0 Å². The quantitative estimate of drug-likeness (QED) is 0.824. The lowest BCUT2D eigenvalue weighted by Crippen LogP contribution is -2.25. The van der Waals surface area contributed by atoms with Crippen molar-refractivity contribution in [3.63, 3.8) is 0 Å². The highest BCUT2D eigenvalue weighted by Gasteiger charge is 2.10. The molecular weight excluding hydrogens is 206 g/mol. The molecule has 0 amide bonds. The third-order valence-electron chi connectivity index (χ3n) is 2.70. The number of hydrogen-bond donors (Lipinski definition) is 1. The van der Waals surface area contributed by atoms with Gasteiger partial charge in [-0.3, -0.25) is 0 Å². The van der Waals surface area contributed by atoms with Gasteiger partial charge in [-0.1, -0.05) is 0 Å². The molecule has 0 aromatic heterocycles. The molecule has 2 rings (SSSR count). The second-order valence-electron chi connectivity index (χ2n) is 3.81. The van der Waals surface area contributed by atoms with E-state index in [4.69, 9.17) is 9.84 Å². The summed E-state index contributed by atoms with van der Waals surface area (Å²) in [4.78, 5) is 12.9. The highest BCUT2D eigenvalue weighted by Crippen LogP contribution is 2.16. The number of aromatic carboxylic acids is 1. The average molecular weight is 221 g/mol. The first-order valence-corrected chi connectivity index (χ1v) is 5.43. The van der Waals surface area contributed by atoms with Crippen LogP contribution < -0.4 is 4.90 Å². The maximum absolute atomic E-state index is 10.7. The molecule has 86 valence electrons. The van der Waals surface area contributed by atoms with Crippen LogP contribution in [0.4, 0.5) is 5.69 Å². The van der Waals surface area contributed by atoms with E-state index >= 15 is 0 Å². The number of benzene rings is 1. The molecule has 0 radical (unpaired) electrons. The second-order valence-corrected chi connectivity index (χ2v) is 3.81. The van der Waals surface area contributed by atoms with Gasteiger partial charge in [0.15, 0.2) is 0 Å². The van der Waals surface area contributed by atoms with Gasteiger partial charge in [0.1, 0.15) is 0 Å². The number of carboxylic acid groups (broad SMARTS) is 1. The van der Waals surface area contributed by atoms with Crippen molar-refractivity contribution < 1.29 is 14.6 Å². The Labute approximate surface area is 94.4 Å². The number of nitrogens with zero attached hydrogens (tertiary/aromatic N) is 1. The molecule has 1 heterocycles. The summed E-state index contributed by atoms with van der Waals surface area (Å²) >= 11 is 0. The van der Waals surface area contributed by atoms with Crippen LogP contribution in [0.3, 0.4) is 0 Å². The van der Waals surface area contributed by atoms with Crippen LogP contribution in [-0.2, 0) is 4.74 Å². The molecule has 1 aliphatic rings. The van der Waals surface area contributed by atoms with Gasteiger partial charge in [-0.05, 0) is 30.7 Å². The lowest BCUT2D eigenvalue weighted by molar-refractivity contribution is 0.0697. The standard InChI is InChI=1S/C12H15NO3/c14-12(15)10-2-4-11(5-3-10)13-6-1-8-16-9-7-13/h2-5H,1,6-9H2,(H,14,15). The van der Waals surface area contributed by atoms with E-state index in [0.29, 0.717) is 5.56 Å². The fraction of sp³-hybridized carbons (Fsp3) is 0.417. The van der Waals surface area contributed by atoms with E-state index in [-0.39, 0.29) is 0 Å². The molecule has 4 nitrogen and oxygen atoms in total. The van der Waals surface area contributed by atoms with Crippen molar-refractivity contribution in [3.8, 4) is 0 Å². The van der Waals surface area contributed by atoms with Crippen LogP contribution in [0.1, 0.15) is 16.8 Å². The lowest BCUT2D eigenvalue weighted by Gasteiger charge is -2.21. The van der Waals surface area contributed by atoms with Gasteiger partial charge in [0, 0.05) is 25.4 Å². The van der Waals surface area contributed by atoms with Gasteiger partial charge in [0.2, 0.25) is 0 Å². The average Bonchev–Trinajstić information content (AvgIpc) is 2.57. The van der Waals surface area contributed by atoms with Crippen molar-refractivity contribution in [2.75, 3.05) is 31.2 Å². The second kappa shape index (κ2) is 4.99. The minimum atomic E-state index is -0.884. The third kappa shape index (κ3) is 2.52. The number of carboxylic acids is 1. The molecule has 1 saturated heterocycles. The Kier molecular flexibility index (Phi) is 3.41. The fourth-order valence-corrected chi connectivity index (χ4v) is 1.82. The van der Waals surface area contributed by atoms with E-state index in [1.807, 2.05) is 12.1 Å². The first-order valence-electron chi connectivity index (χ1n) is 5.43. The van der Waals surface area contributed by atoms with Crippen molar-refractivity contribution in [1.29, 1.82) is 0 Å². The Bertz CT molecular complexity index is 353. The Hall–Kier alpha value is -1.55. The highest BCUT2D eigenvalue weighted by molar-refractivity contribution is 5.88. The zero-order chi connectivity index (χ0) is 11.4. The summed E-state index contributed by atoms with van der Waals surface area (Å²) < 4.78 is 5.37. The van der Waals surface area contributed by atoms with Crippen molar-refractivity contribution in [2.45, 2.75) is 6.42 Å². The molecule has 1 aromatic carbocycles. The number of hydrogen-bond acceptors (Lipinski definition) is 3. The molecule has 1 aliphatic heterocycles. The van der Waals surface area contributed by atoms with Crippen LogP contribution in [0.25, 0.3) is 0 Å². The van der Waals surface area contributed by atoms with E-state index in [2.05, 4.69) is 4.90 Å². The molecule has 0 aliphatic carbocycles. The van der Waals surface area contributed by atoms with Crippen LogP contribution in [-0.4, -0.2) is 37.4 Å². The van der Waals surface area contributed by atoms with E-state index in [9.17, 15) is 4.79 Å². The summed E-state index contributed by atoms with van der Waals surface area (Å²) in [6.07, 6.45) is 1.01. The Balaban J connectivity index is 2.10. The lowest BCUT2D eigenvalue weighted by atomic mass is 10.2. The van der Waals surface area contributed by atoms with E-state index in [0.717, 1.165) is 38.4 Å². The summed E-state index contributed by atoms with van der Waals surface area (Å²) in [6.45, 7) is 3.38. The normalized spacial score (nSPS) is 16.9. The molecule has 0 unspecified atom stereocenters. The molecule has 1 fully saturated rings. The van der Waals surface area contributed by atoms with E-state index in [1.54, 1.807) is 12.1 Å². The van der Waals surface area contributed by atoms with Crippen molar-refractivity contribution in [3.05, 3.63) is 29.8 Å². The summed E-state index contributed by atoms with van der Waals surface area (Å²) in [5, 5.41) is 8.80. The van der Waals surface area contributed by atoms with Gasteiger partial charge in [0.05, 0.1) is 12.2 Å². The van der Waals surface area contributed by atoms with E-state index in [1.165, 1.54) is 0 Å². The summed E-state index contributed by atoms with van der Waals surface area (Å²) in [6, 6.07) is 7.00. The molecule has 0 spiro atoms. The summed E-state index contributed by atoms with van der Waals surface area (Å²) in [5.74, 6) is -0.884. The highest BCUT2D eigenvalue weighted by atomic mass is 16.5. The van der Waals surface area contributed by atoms with Crippen molar-refractivity contribution in [1.82, 2.24) is 0 Å². The van der Waals surface area contributed by atoms with Crippen LogP contribution in [0.5, 0.6) is 0 Å². The van der Waals surface area contributed by atoms with Crippen LogP contribution in [0.2, 0.25) is 0 Å². The SMILES string of the molecule is O=C(O)c1ccc(N2CCCOCC2)cc1. The Morgan fingerprint density at radius 1 is 1.19 bits per heavy atom. The molecule has 0 saturated carbocycles. The van der Waals surface area contributed by atoms with Gasteiger partial charge >= 0.3 is 5.97 Å². The molecule has 1 N–H and O–H groups in total. The zero-order valence-corrected chi connectivity index (χ0v) is 9.06. The van der Waals surface area contributed by atoms with Gasteiger partial charge in [0.25, 0.3) is 0 Å². The molecule has 4 heteroatoms. The third-order valence-corrected chi connectivity index (χ3v) is 2.70. The number of carbonyl (C=O) groups is 1. The van der Waals surface area contributed by atoms with E-state index < -0.39 is 5.97 Å². The first-order chi connectivity index (χ1) is 7.77. The predicted octanol–water partition coefficient (Wildman–Crippen LogP) is 1.61. The maximum Gasteiger partial charge on any atom is 0.335 e. The Morgan fingerprint density at radius 3 is 2.62 bits per heavy atom. The number of rotatable bonds is 2.